The van der Waals surface area contributed by atoms with Crippen molar-refractivity contribution in [2.45, 2.75) is 19.9 Å². The molecule has 1 aliphatic rings. The van der Waals surface area contributed by atoms with E-state index in [1.807, 2.05) is 29.9 Å². The fourth-order valence-corrected chi connectivity index (χ4v) is 3.59. The third-order valence-electron chi connectivity index (χ3n) is 5.42. The molecule has 1 aliphatic heterocycles. The summed E-state index contributed by atoms with van der Waals surface area (Å²) in [5, 5.41) is 11.0. The van der Waals surface area contributed by atoms with Gasteiger partial charge in [0, 0.05) is 58.2 Å². The summed E-state index contributed by atoms with van der Waals surface area (Å²) in [6, 6.07) is 10.4. The van der Waals surface area contributed by atoms with Crippen LogP contribution in [0.3, 0.4) is 0 Å². The predicted octanol–water partition coefficient (Wildman–Crippen LogP) is 1.70. The van der Waals surface area contributed by atoms with Crippen molar-refractivity contribution in [2.75, 3.05) is 57.8 Å². The maximum atomic E-state index is 5.25. The van der Waals surface area contributed by atoms with Crippen molar-refractivity contribution < 1.29 is 4.74 Å². The second-order valence-corrected chi connectivity index (χ2v) is 7.45. The molecule has 164 valence electrons. The van der Waals surface area contributed by atoms with E-state index in [4.69, 9.17) is 4.74 Å². The number of piperazine rings is 1. The van der Waals surface area contributed by atoms with Crippen LogP contribution in [-0.2, 0) is 13.6 Å². The maximum Gasteiger partial charge on any atom is 0.191 e. The van der Waals surface area contributed by atoms with Crippen molar-refractivity contribution in [3.63, 3.8) is 0 Å². The number of hydrogen-bond donors (Lipinski definition) is 2. The smallest absolute Gasteiger partial charge is 0.191 e. The van der Waals surface area contributed by atoms with Gasteiger partial charge in [0.15, 0.2) is 5.96 Å². The second-order valence-electron chi connectivity index (χ2n) is 7.45. The van der Waals surface area contributed by atoms with Crippen LogP contribution in [-0.4, -0.2) is 73.6 Å². The van der Waals surface area contributed by atoms with Gasteiger partial charge in [0.2, 0.25) is 0 Å². The van der Waals surface area contributed by atoms with Crippen molar-refractivity contribution in [3.8, 4) is 5.75 Å². The molecule has 1 aromatic carbocycles. The van der Waals surface area contributed by atoms with Crippen molar-refractivity contribution in [1.29, 1.82) is 0 Å². The first-order valence-corrected chi connectivity index (χ1v) is 10.8. The van der Waals surface area contributed by atoms with Crippen LogP contribution >= 0.6 is 0 Å². The average Bonchev–Trinajstić information content (AvgIpc) is 3.20. The number of rotatable bonds is 9. The largest absolute Gasteiger partial charge is 0.497 e. The Balaban J connectivity index is 1.36. The fraction of sp³-hybridized carbons (Fsp3) is 0.545. The molecule has 0 atom stereocenters. The zero-order valence-corrected chi connectivity index (χ0v) is 18.5. The van der Waals surface area contributed by atoms with Gasteiger partial charge >= 0.3 is 0 Å². The van der Waals surface area contributed by atoms with E-state index < -0.39 is 0 Å². The molecule has 1 fully saturated rings. The van der Waals surface area contributed by atoms with E-state index in [-0.39, 0.29) is 0 Å². The summed E-state index contributed by atoms with van der Waals surface area (Å²) in [5.74, 6) is 1.77. The summed E-state index contributed by atoms with van der Waals surface area (Å²) in [6.45, 7) is 9.90. The van der Waals surface area contributed by atoms with E-state index in [0.717, 1.165) is 69.6 Å². The van der Waals surface area contributed by atoms with Gasteiger partial charge in [-0.1, -0.05) is 0 Å². The second kappa shape index (κ2) is 11.4. The Bertz CT molecular complexity index is 779. The van der Waals surface area contributed by atoms with Gasteiger partial charge in [-0.05, 0) is 50.2 Å². The van der Waals surface area contributed by atoms with Gasteiger partial charge in [-0.25, -0.2) is 4.99 Å². The number of ether oxygens (including phenoxy) is 1. The van der Waals surface area contributed by atoms with Crippen LogP contribution in [0.1, 0.15) is 19.0 Å². The Kier molecular flexibility index (Phi) is 8.38. The van der Waals surface area contributed by atoms with Gasteiger partial charge in [0.05, 0.1) is 19.3 Å². The first kappa shape index (κ1) is 22.0. The molecule has 0 saturated carbocycles. The van der Waals surface area contributed by atoms with E-state index >= 15 is 0 Å². The highest BCUT2D eigenvalue weighted by Gasteiger charge is 2.16. The lowest BCUT2D eigenvalue weighted by atomic mass is 10.2. The van der Waals surface area contributed by atoms with Crippen molar-refractivity contribution >= 4 is 11.6 Å². The van der Waals surface area contributed by atoms with E-state index in [1.54, 1.807) is 13.3 Å². The van der Waals surface area contributed by atoms with Crippen LogP contribution < -0.4 is 20.3 Å². The number of anilines is 1. The molecule has 2 aromatic rings. The molecule has 2 N–H and O–H groups in total. The first-order chi connectivity index (χ1) is 14.7. The number of nitrogens with one attached hydrogen (secondary N) is 2. The summed E-state index contributed by atoms with van der Waals surface area (Å²) in [4.78, 5) is 9.65. The molecule has 1 saturated heterocycles. The Morgan fingerprint density at radius 3 is 2.50 bits per heavy atom. The lowest BCUT2D eigenvalue weighted by Crippen LogP contribution is -2.47. The number of hydrogen-bond acceptors (Lipinski definition) is 5. The van der Waals surface area contributed by atoms with Gasteiger partial charge in [-0.15, -0.1) is 0 Å². The van der Waals surface area contributed by atoms with Crippen LogP contribution in [0.5, 0.6) is 5.75 Å². The number of methoxy groups -OCH3 is 1. The molecule has 0 amide bonds. The molecule has 3 rings (SSSR count). The number of aromatic nitrogens is 2. The van der Waals surface area contributed by atoms with Crippen LogP contribution in [0.15, 0.2) is 41.5 Å². The van der Waals surface area contributed by atoms with Crippen molar-refractivity contribution in [2.24, 2.45) is 12.0 Å². The Morgan fingerprint density at radius 2 is 1.87 bits per heavy atom. The quantitative estimate of drug-likeness (QED) is 0.370. The molecule has 0 spiro atoms. The zero-order chi connectivity index (χ0) is 21.2. The Morgan fingerprint density at radius 1 is 1.10 bits per heavy atom. The third kappa shape index (κ3) is 6.38. The fourth-order valence-electron chi connectivity index (χ4n) is 3.59. The van der Waals surface area contributed by atoms with Crippen LogP contribution in [0.4, 0.5) is 5.69 Å². The highest BCUT2D eigenvalue weighted by atomic mass is 16.5. The monoisotopic (exact) mass is 413 g/mol. The van der Waals surface area contributed by atoms with E-state index in [0.29, 0.717) is 6.54 Å². The van der Waals surface area contributed by atoms with Crippen LogP contribution in [0, 0.1) is 0 Å². The molecule has 1 aromatic heterocycles. The number of benzene rings is 1. The molecule has 2 heterocycles. The standard InChI is InChI=1S/C22H35N7O/c1-4-23-22(25-18-20-10-12-26-27(20)2)24-11-5-13-28-14-16-29(17-15-28)19-6-8-21(30-3)9-7-19/h6-10,12H,4-5,11,13-18H2,1-3H3,(H2,23,24,25). The summed E-state index contributed by atoms with van der Waals surface area (Å²) < 4.78 is 7.11. The molecule has 0 unspecified atom stereocenters. The summed E-state index contributed by atoms with van der Waals surface area (Å²) in [6.07, 6.45) is 2.90. The van der Waals surface area contributed by atoms with Crippen molar-refractivity contribution in [3.05, 3.63) is 42.2 Å². The Labute approximate surface area is 179 Å². The van der Waals surface area contributed by atoms with Gasteiger partial charge in [0.1, 0.15) is 5.75 Å². The van der Waals surface area contributed by atoms with Crippen LogP contribution in [0.25, 0.3) is 0 Å². The minimum Gasteiger partial charge on any atom is -0.497 e. The summed E-state index contributed by atoms with van der Waals surface area (Å²) in [5.41, 5.74) is 2.37. The molecule has 0 aliphatic carbocycles. The number of nitrogens with zero attached hydrogens (tertiary/aromatic N) is 5. The maximum absolute atomic E-state index is 5.25. The van der Waals surface area contributed by atoms with Crippen LogP contribution in [0.2, 0.25) is 0 Å². The average molecular weight is 414 g/mol. The number of guanidine groups is 1. The number of aliphatic imine (C=N–C) groups is 1. The minimum absolute atomic E-state index is 0.624. The molecular formula is C22H35N7O. The molecule has 0 radical (unpaired) electrons. The molecule has 0 bridgehead atoms. The van der Waals surface area contributed by atoms with E-state index in [1.165, 1.54) is 5.69 Å². The first-order valence-electron chi connectivity index (χ1n) is 10.8. The molecular weight excluding hydrogens is 378 g/mol. The Hall–Kier alpha value is -2.74. The zero-order valence-electron chi connectivity index (χ0n) is 18.5. The van der Waals surface area contributed by atoms with Gasteiger partial charge in [-0.3, -0.25) is 9.58 Å². The minimum atomic E-state index is 0.624. The third-order valence-corrected chi connectivity index (χ3v) is 5.42. The highest BCUT2D eigenvalue weighted by Crippen LogP contribution is 2.20. The highest BCUT2D eigenvalue weighted by molar-refractivity contribution is 5.79. The van der Waals surface area contributed by atoms with E-state index in [2.05, 4.69) is 49.6 Å². The van der Waals surface area contributed by atoms with Crippen molar-refractivity contribution in [1.82, 2.24) is 25.3 Å². The molecule has 8 nitrogen and oxygen atoms in total. The SMILES string of the molecule is CCNC(=NCc1ccnn1C)NCCCN1CCN(c2ccc(OC)cc2)CC1. The van der Waals surface area contributed by atoms with Gasteiger partial charge < -0.3 is 20.3 Å². The van der Waals surface area contributed by atoms with E-state index in [9.17, 15) is 0 Å². The normalized spacial score (nSPS) is 15.3. The lowest BCUT2D eigenvalue weighted by Gasteiger charge is -2.36. The summed E-state index contributed by atoms with van der Waals surface area (Å²) >= 11 is 0. The lowest BCUT2D eigenvalue weighted by molar-refractivity contribution is 0.255. The molecule has 30 heavy (non-hydrogen) atoms. The van der Waals surface area contributed by atoms with Gasteiger partial charge in [-0.2, -0.15) is 5.10 Å². The number of aryl methyl sites for hydroxylation is 1. The summed E-state index contributed by atoms with van der Waals surface area (Å²) in [7, 11) is 3.65. The predicted molar refractivity (Wildman–Crippen MR) is 122 cm³/mol. The molecule has 8 heteroatoms. The van der Waals surface area contributed by atoms with Gasteiger partial charge in [0.25, 0.3) is 0 Å². The topological polar surface area (TPSA) is 70.0 Å².